The summed E-state index contributed by atoms with van der Waals surface area (Å²) in [5.74, 6) is -1.03. The molecule has 1 aliphatic heterocycles. The largest absolute Gasteiger partial charge is 0.445 e. The SMILES string of the molecule is CC(C)(CCC(=O)NC1C=NC(=O)NC1=O)NC(=O)OCc1ccccc1. The van der Waals surface area contributed by atoms with Gasteiger partial charge in [0.05, 0.1) is 0 Å². The summed E-state index contributed by atoms with van der Waals surface area (Å²) in [6.45, 7) is 3.67. The number of hydrogen-bond donors (Lipinski definition) is 3. The molecule has 0 bridgehead atoms. The number of aliphatic imine (C=N–C) groups is 1. The van der Waals surface area contributed by atoms with Crippen LogP contribution in [0.1, 0.15) is 32.3 Å². The number of ether oxygens (including phenoxy) is 1. The lowest BCUT2D eigenvalue weighted by atomic mass is 9.98. The predicted molar refractivity (Wildman–Crippen MR) is 97.0 cm³/mol. The van der Waals surface area contributed by atoms with E-state index in [9.17, 15) is 19.2 Å². The topological polar surface area (TPSA) is 126 Å². The number of hydrogen-bond acceptors (Lipinski definition) is 5. The van der Waals surface area contributed by atoms with Crippen molar-refractivity contribution in [3.8, 4) is 0 Å². The van der Waals surface area contributed by atoms with Crippen LogP contribution in [0.3, 0.4) is 0 Å². The van der Waals surface area contributed by atoms with Crippen LogP contribution < -0.4 is 16.0 Å². The molecule has 1 aromatic rings. The molecule has 1 atom stereocenters. The summed E-state index contributed by atoms with van der Waals surface area (Å²) in [7, 11) is 0. The van der Waals surface area contributed by atoms with E-state index in [0.717, 1.165) is 11.8 Å². The van der Waals surface area contributed by atoms with E-state index in [-0.39, 0.29) is 13.0 Å². The minimum atomic E-state index is -0.984. The molecule has 0 fully saturated rings. The number of amides is 5. The van der Waals surface area contributed by atoms with Crippen LogP contribution in [0.4, 0.5) is 9.59 Å². The first kappa shape index (κ1) is 20.1. The van der Waals surface area contributed by atoms with Gasteiger partial charge in [-0.05, 0) is 25.8 Å². The van der Waals surface area contributed by atoms with Crippen molar-refractivity contribution in [2.45, 2.75) is 44.9 Å². The smallest absolute Gasteiger partial charge is 0.407 e. The minimum absolute atomic E-state index is 0.0670. The van der Waals surface area contributed by atoms with Crippen molar-refractivity contribution in [3.63, 3.8) is 0 Å². The van der Waals surface area contributed by atoms with E-state index in [4.69, 9.17) is 4.74 Å². The second-order valence-corrected chi connectivity index (χ2v) is 6.69. The maximum Gasteiger partial charge on any atom is 0.407 e. The number of rotatable bonds is 7. The summed E-state index contributed by atoms with van der Waals surface area (Å²) in [5.41, 5.74) is 0.181. The maximum atomic E-state index is 12.0. The van der Waals surface area contributed by atoms with Crippen molar-refractivity contribution >= 4 is 30.2 Å². The van der Waals surface area contributed by atoms with E-state index in [1.807, 2.05) is 35.6 Å². The molecule has 0 aromatic heterocycles. The first-order valence-corrected chi connectivity index (χ1v) is 8.42. The molecule has 1 aromatic carbocycles. The average Bonchev–Trinajstić information content (AvgIpc) is 2.61. The quantitative estimate of drug-likeness (QED) is 0.663. The van der Waals surface area contributed by atoms with Gasteiger partial charge in [0.25, 0.3) is 5.91 Å². The zero-order valence-corrected chi connectivity index (χ0v) is 15.2. The van der Waals surface area contributed by atoms with E-state index in [1.165, 1.54) is 0 Å². The number of nitrogens with zero attached hydrogens (tertiary/aromatic N) is 1. The Hall–Kier alpha value is -3.23. The van der Waals surface area contributed by atoms with E-state index in [2.05, 4.69) is 15.6 Å². The summed E-state index contributed by atoms with van der Waals surface area (Å²) < 4.78 is 5.16. The molecule has 0 radical (unpaired) electrons. The molecule has 0 aliphatic carbocycles. The summed E-state index contributed by atoms with van der Waals surface area (Å²) >= 11 is 0. The van der Waals surface area contributed by atoms with Crippen LogP contribution in [0.25, 0.3) is 0 Å². The number of urea groups is 1. The van der Waals surface area contributed by atoms with Crippen LogP contribution in [0.15, 0.2) is 35.3 Å². The monoisotopic (exact) mass is 374 g/mol. The zero-order chi connectivity index (χ0) is 19.9. The first-order chi connectivity index (χ1) is 12.7. The standard InChI is InChI=1S/C18H22N4O5/c1-18(2,22-17(26)27-11-12-6-4-3-5-7-12)9-8-14(23)20-13-10-19-16(25)21-15(13)24/h3-7,10,13H,8-9,11H2,1-2H3,(H,20,23)(H,22,26)(H,21,24,25). The number of nitrogens with one attached hydrogen (secondary N) is 3. The molecule has 9 heteroatoms. The van der Waals surface area contributed by atoms with Crippen LogP contribution in [0.5, 0.6) is 0 Å². The molecule has 1 aliphatic rings. The van der Waals surface area contributed by atoms with Crippen molar-refractivity contribution < 1.29 is 23.9 Å². The molecule has 27 heavy (non-hydrogen) atoms. The average molecular weight is 374 g/mol. The van der Waals surface area contributed by atoms with Crippen molar-refractivity contribution in [1.29, 1.82) is 0 Å². The third kappa shape index (κ3) is 6.89. The first-order valence-electron chi connectivity index (χ1n) is 8.42. The van der Waals surface area contributed by atoms with E-state index in [1.54, 1.807) is 13.8 Å². The van der Waals surface area contributed by atoms with Gasteiger partial charge < -0.3 is 15.4 Å². The van der Waals surface area contributed by atoms with Gasteiger partial charge in [-0.2, -0.15) is 0 Å². The lowest BCUT2D eigenvalue weighted by molar-refractivity contribution is -0.127. The minimum Gasteiger partial charge on any atom is -0.445 e. The van der Waals surface area contributed by atoms with Crippen molar-refractivity contribution in [2.75, 3.05) is 0 Å². The van der Waals surface area contributed by atoms with Crippen LogP contribution in [0, 0.1) is 0 Å². The zero-order valence-electron chi connectivity index (χ0n) is 15.2. The Bertz CT molecular complexity index is 745. The maximum absolute atomic E-state index is 12.0. The Labute approximate surface area is 156 Å². The number of carbonyl (C=O) groups is 4. The molecule has 2 rings (SSSR count). The molecule has 9 nitrogen and oxygen atoms in total. The van der Waals surface area contributed by atoms with Gasteiger partial charge in [-0.15, -0.1) is 0 Å². The number of alkyl carbamates (subject to hydrolysis) is 1. The number of carbonyl (C=O) groups excluding carboxylic acids is 4. The second kappa shape index (κ2) is 8.93. The summed E-state index contributed by atoms with van der Waals surface area (Å²) in [6.07, 6.45) is 0.895. The Morgan fingerprint density at radius 3 is 2.59 bits per heavy atom. The second-order valence-electron chi connectivity index (χ2n) is 6.69. The van der Waals surface area contributed by atoms with Gasteiger partial charge in [0, 0.05) is 18.2 Å². The van der Waals surface area contributed by atoms with Gasteiger partial charge in [0.15, 0.2) is 0 Å². The van der Waals surface area contributed by atoms with Crippen LogP contribution in [0.2, 0.25) is 0 Å². The molecule has 5 amide bonds. The highest BCUT2D eigenvalue weighted by atomic mass is 16.5. The lowest BCUT2D eigenvalue weighted by Gasteiger charge is -2.26. The molecule has 1 heterocycles. The summed E-state index contributed by atoms with van der Waals surface area (Å²) in [6, 6.07) is 7.53. The fourth-order valence-corrected chi connectivity index (χ4v) is 2.30. The summed E-state index contributed by atoms with van der Waals surface area (Å²) in [4.78, 5) is 49.8. The van der Waals surface area contributed by atoms with Crippen LogP contribution >= 0.6 is 0 Å². The Kier molecular flexibility index (Phi) is 6.64. The fraction of sp³-hybridized carbons (Fsp3) is 0.389. The third-order valence-corrected chi connectivity index (χ3v) is 3.80. The molecule has 3 N–H and O–H groups in total. The predicted octanol–water partition coefficient (Wildman–Crippen LogP) is 1.28. The van der Waals surface area contributed by atoms with Crippen molar-refractivity contribution in [3.05, 3.63) is 35.9 Å². The number of imide groups is 1. The van der Waals surface area contributed by atoms with Gasteiger partial charge in [-0.3, -0.25) is 14.9 Å². The van der Waals surface area contributed by atoms with Crippen molar-refractivity contribution in [1.82, 2.24) is 16.0 Å². The van der Waals surface area contributed by atoms with Crippen LogP contribution in [-0.2, 0) is 20.9 Å². The molecule has 144 valence electrons. The Balaban J connectivity index is 1.74. The Morgan fingerprint density at radius 2 is 1.93 bits per heavy atom. The fourth-order valence-electron chi connectivity index (χ4n) is 2.30. The Morgan fingerprint density at radius 1 is 1.22 bits per heavy atom. The van der Waals surface area contributed by atoms with Crippen molar-refractivity contribution in [2.24, 2.45) is 4.99 Å². The van der Waals surface area contributed by atoms with E-state index in [0.29, 0.717) is 6.42 Å². The molecule has 0 saturated heterocycles. The van der Waals surface area contributed by atoms with Crippen LogP contribution in [-0.4, -0.2) is 41.7 Å². The molecule has 1 unspecified atom stereocenters. The highest BCUT2D eigenvalue weighted by Gasteiger charge is 2.26. The molecular formula is C18H22N4O5. The van der Waals surface area contributed by atoms with Gasteiger partial charge in [0.1, 0.15) is 12.6 Å². The summed E-state index contributed by atoms with van der Waals surface area (Å²) in [5, 5.41) is 7.17. The lowest BCUT2D eigenvalue weighted by Crippen LogP contribution is -2.52. The van der Waals surface area contributed by atoms with E-state index < -0.39 is 35.5 Å². The third-order valence-electron chi connectivity index (χ3n) is 3.80. The number of benzene rings is 1. The van der Waals surface area contributed by atoms with E-state index >= 15 is 0 Å². The highest BCUT2D eigenvalue weighted by molar-refractivity contribution is 6.13. The normalized spacial score (nSPS) is 16.4. The molecule has 0 spiro atoms. The van der Waals surface area contributed by atoms with Gasteiger partial charge in [-0.1, -0.05) is 30.3 Å². The van der Waals surface area contributed by atoms with Gasteiger partial charge in [0.2, 0.25) is 5.91 Å². The molecule has 0 saturated carbocycles. The highest BCUT2D eigenvalue weighted by Crippen LogP contribution is 2.12. The molecular weight excluding hydrogens is 352 g/mol. The van der Waals surface area contributed by atoms with Gasteiger partial charge >= 0.3 is 12.1 Å². The van der Waals surface area contributed by atoms with Gasteiger partial charge in [-0.25, -0.2) is 14.6 Å².